The van der Waals surface area contributed by atoms with Crippen LogP contribution < -0.4 is 5.73 Å². The van der Waals surface area contributed by atoms with Crippen molar-refractivity contribution < 1.29 is 0 Å². The lowest BCUT2D eigenvalue weighted by Gasteiger charge is -2.40. The first kappa shape index (κ1) is 9.56. The summed E-state index contributed by atoms with van der Waals surface area (Å²) in [6.45, 7) is 6.71. The van der Waals surface area contributed by atoms with Gasteiger partial charge in [0.15, 0.2) is 0 Å². The molecule has 0 aromatic heterocycles. The van der Waals surface area contributed by atoms with Gasteiger partial charge in [-0.1, -0.05) is 20.8 Å². The molecule has 2 heteroatoms. The monoisotopic (exact) mass is 168 g/mol. The standard InChI is InChI=1S/C10H20N2/c1-4-5-9(11)12-8-6-10(2,3)7-8/h8H,4-7H2,1-3H3,(H2,11,12). The van der Waals surface area contributed by atoms with Crippen molar-refractivity contribution in [3.8, 4) is 0 Å². The second kappa shape index (κ2) is 3.46. The van der Waals surface area contributed by atoms with E-state index < -0.39 is 0 Å². The summed E-state index contributed by atoms with van der Waals surface area (Å²) in [5.41, 5.74) is 6.25. The van der Waals surface area contributed by atoms with Crippen LogP contribution in [-0.2, 0) is 0 Å². The Morgan fingerprint density at radius 1 is 1.50 bits per heavy atom. The number of hydrogen-bond donors (Lipinski definition) is 1. The highest BCUT2D eigenvalue weighted by Gasteiger charge is 2.35. The summed E-state index contributed by atoms with van der Waals surface area (Å²) in [6.07, 6.45) is 4.47. The van der Waals surface area contributed by atoms with E-state index in [0.29, 0.717) is 11.5 Å². The summed E-state index contributed by atoms with van der Waals surface area (Å²) in [6, 6.07) is 0.520. The summed E-state index contributed by atoms with van der Waals surface area (Å²) >= 11 is 0. The molecule has 0 spiro atoms. The fourth-order valence-electron chi connectivity index (χ4n) is 1.86. The molecule has 2 nitrogen and oxygen atoms in total. The average Bonchev–Trinajstić information content (AvgIpc) is 1.83. The Bertz CT molecular complexity index is 174. The Labute approximate surface area is 75.3 Å². The Morgan fingerprint density at radius 2 is 2.08 bits per heavy atom. The summed E-state index contributed by atoms with van der Waals surface area (Å²) in [4.78, 5) is 4.46. The van der Waals surface area contributed by atoms with Crippen molar-refractivity contribution in [3.05, 3.63) is 0 Å². The van der Waals surface area contributed by atoms with Crippen LogP contribution in [0.25, 0.3) is 0 Å². The quantitative estimate of drug-likeness (QED) is 0.510. The van der Waals surface area contributed by atoms with Crippen molar-refractivity contribution in [3.63, 3.8) is 0 Å². The van der Waals surface area contributed by atoms with Gasteiger partial charge in [-0.2, -0.15) is 0 Å². The zero-order valence-electron chi connectivity index (χ0n) is 8.43. The molecule has 0 radical (unpaired) electrons. The molecule has 2 N–H and O–H groups in total. The normalized spacial score (nSPS) is 23.8. The third-order valence-electron chi connectivity index (χ3n) is 2.43. The Hall–Kier alpha value is -0.530. The minimum atomic E-state index is 0.515. The van der Waals surface area contributed by atoms with E-state index in [4.69, 9.17) is 5.73 Å². The molecule has 12 heavy (non-hydrogen) atoms. The van der Waals surface area contributed by atoms with Crippen molar-refractivity contribution in [1.29, 1.82) is 0 Å². The molecule has 70 valence electrons. The minimum absolute atomic E-state index is 0.515. The second-order valence-electron chi connectivity index (χ2n) is 4.60. The molecule has 0 aromatic carbocycles. The van der Waals surface area contributed by atoms with Gasteiger partial charge < -0.3 is 5.73 Å². The van der Waals surface area contributed by atoms with Crippen LogP contribution >= 0.6 is 0 Å². The average molecular weight is 168 g/mol. The molecule has 1 aliphatic rings. The van der Waals surface area contributed by atoms with Crippen molar-refractivity contribution in [2.45, 2.75) is 52.5 Å². The molecule has 1 rings (SSSR count). The summed E-state index contributed by atoms with van der Waals surface area (Å²) in [5.74, 6) is 0.845. The van der Waals surface area contributed by atoms with Crippen LogP contribution in [0.5, 0.6) is 0 Å². The molecule has 0 bridgehead atoms. The number of nitrogens with zero attached hydrogens (tertiary/aromatic N) is 1. The van der Waals surface area contributed by atoms with Crippen LogP contribution in [-0.4, -0.2) is 11.9 Å². The second-order valence-corrected chi connectivity index (χ2v) is 4.60. The van der Waals surface area contributed by atoms with Crippen molar-refractivity contribution in [2.24, 2.45) is 16.1 Å². The van der Waals surface area contributed by atoms with Gasteiger partial charge >= 0.3 is 0 Å². The summed E-state index contributed by atoms with van der Waals surface area (Å²) in [5, 5.41) is 0. The Morgan fingerprint density at radius 3 is 2.50 bits per heavy atom. The lowest BCUT2D eigenvalue weighted by Crippen LogP contribution is -2.36. The van der Waals surface area contributed by atoms with E-state index in [1.54, 1.807) is 0 Å². The van der Waals surface area contributed by atoms with E-state index in [-0.39, 0.29) is 0 Å². The van der Waals surface area contributed by atoms with Gasteiger partial charge in [0.2, 0.25) is 0 Å². The predicted molar refractivity (Wildman–Crippen MR) is 53.3 cm³/mol. The molecular formula is C10H20N2. The number of aliphatic imine (C=N–C) groups is 1. The topological polar surface area (TPSA) is 38.4 Å². The molecule has 1 fully saturated rings. The molecule has 1 aliphatic carbocycles. The number of nitrogens with two attached hydrogens (primary N) is 1. The van der Waals surface area contributed by atoms with Gasteiger partial charge in [0.05, 0.1) is 11.9 Å². The van der Waals surface area contributed by atoms with Gasteiger partial charge in [-0.3, -0.25) is 4.99 Å². The van der Waals surface area contributed by atoms with E-state index in [1.165, 1.54) is 12.8 Å². The third-order valence-corrected chi connectivity index (χ3v) is 2.43. The van der Waals surface area contributed by atoms with Gasteiger partial charge in [0.25, 0.3) is 0 Å². The lowest BCUT2D eigenvalue weighted by molar-refractivity contribution is 0.156. The van der Waals surface area contributed by atoms with Crippen LogP contribution in [0.4, 0.5) is 0 Å². The zero-order chi connectivity index (χ0) is 9.19. The summed E-state index contributed by atoms with van der Waals surface area (Å²) in [7, 11) is 0. The first-order chi connectivity index (χ1) is 5.53. The number of rotatable bonds is 3. The number of hydrogen-bond acceptors (Lipinski definition) is 1. The fourth-order valence-corrected chi connectivity index (χ4v) is 1.86. The Kier molecular flexibility index (Phi) is 2.76. The van der Waals surface area contributed by atoms with E-state index in [9.17, 15) is 0 Å². The molecule has 0 amide bonds. The Balaban J connectivity index is 2.30. The molecule has 0 heterocycles. The van der Waals surface area contributed by atoms with Crippen molar-refractivity contribution >= 4 is 5.84 Å². The van der Waals surface area contributed by atoms with Crippen LogP contribution in [0.1, 0.15) is 46.5 Å². The van der Waals surface area contributed by atoms with Gasteiger partial charge in [0.1, 0.15) is 0 Å². The first-order valence-corrected chi connectivity index (χ1v) is 4.85. The smallest absolute Gasteiger partial charge is 0.0940 e. The predicted octanol–water partition coefficient (Wildman–Crippen LogP) is 2.33. The van der Waals surface area contributed by atoms with Crippen molar-refractivity contribution in [1.82, 2.24) is 0 Å². The van der Waals surface area contributed by atoms with Gasteiger partial charge in [-0.25, -0.2) is 0 Å². The minimum Gasteiger partial charge on any atom is -0.387 e. The van der Waals surface area contributed by atoms with Crippen LogP contribution in [0.2, 0.25) is 0 Å². The van der Waals surface area contributed by atoms with Gasteiger partial charge in [-0.15, -0.1) is 0 Å². The maximum absolute atomic E-state index is 5.73. The highest BCUT2D eigenvalue weighted by molar-refractivity contribution is 5.80. The van der Waals surface area contributed by atoms with E-state index >= 15 is 0 Å². The number of amidine groups is 1. The molecule has 0 unspecified atom stereocenters. The molecule has 0 saturated heterocycles. The van der Waals surface area contributed by atoms with Gasteiger partial charge in [-0.05, 0) is 24.7 Å². The highest BCUT2D eigenvalue weighted by Crippen LogP contribution is 2.41. The highest BCUT2D eigenvalue weighted by atomic mass is 14.9. The molecule has 1 saturated carbocycles. The fraction of sp³-hybridized carbons (Fsp3) is 0.900. The third kappa shape index (κ3) is 2.50. The lowest BCUT2D eigenvalue weighted by atomic mass is 9.69. The maximum Gasteiger partial charge on any atom is 0.0940 e. The molecule has 0 atom stereocenters. The summed E-state index contributed by atoms with van der Waals surface area (Å²) < 4.78 is 0. The van der Waals surface area contributed by atoms with E-state index in [1.807, 2.05) is 0 Å². The van der Waals surface area contributed by atoms with E-state index in [0.717, 1.165) is 18.7 Å². The van der Waals surface area contributed by atoms with Crippen LogP contribution in [0.3, 0.4) is 0 Å². The maximum atomic E-state index is 5.73. The zero-order valence-corrected chi connectivity index (χ0v) is 8.43. The van der Waals surface area contributed by atoms with E-state index in [2.05, 4.69) is 25.8 Å². The van der Waals surface area contributed by atoms with Gasteiger partial charge in [0, 0.05) is 6.42 Å². The molecular weight excluding hydrogens is 148 g/mol. The molecule has 0 aromatic rings. The van der Waals surface area contributed by atoms with Crippen LogP contribution in [0, 0.1) is 5.41 Å². The van der Waals surface area contributed by atoms with Crippen LogP contribution in [0.15, 0.2) is 4.99 Å². The first-order valence-electron chi connectivity index (χ1n) is 4.85. The van der Waals surface area contributed by atoms with Crippen molar-refractivity contribution in [2.75, 3.05) is 0 Å². The SMILES string of the molecule is CCCC(N)=NC1CC(C)(C)C1. The molecule has 0 aliphatic heterocycles. The largest absolute Gasteiger partial charge is 0.387 e.